The van der Waals surface area contributed by atoms with Crippen LogP contribution in [0.3, 0.4) is 0 Å². The molecule has 0 N–H and O–H groups in total. The van der Waals surface area contributed by atoms with Crippen LogP contribution < -0.4 is 0 Å². The summed E-state index contributed by atoms with van der Waals surface area (Å²) < 4.78 is 28.1. The summed E-state index contributed by atoms with van der Waals surface area (Å²) in [5.41, 5.74) is 1.60. The highest BCUT2D eigenvalue weighted by Gasteiger charge is 2.07. The van der Waals surface area contributed by atoms with Gasteiger partial charge >= 0.3 is 0 Å². The Morgan fingerprint density at radius 3 is 2.81 bits per heavy atom. The maximum atomic E-state index is 11.7. The van der Waals surface area contributed by atoms with E-state index in [1.807, 2.05) is 13.0 Å². The fraction of sp³-hybridized carbons (Fsp3) is 0.417. The molecule has 0 heterocycles. The molecule has 0 spiro atoms. The zero-order chi connectivity index (χ0) is 12.0. The van der Waals surface area contributed by atoms with Crippen LogP contribution in [0.15, 0.2) is 24.3 Å². The summed E-state index contributed by atoms with van der Waals surface area (Å²) in [7, 11) is 0. The lowest BCUT2D eigenvalue weighted by atomic mass is 10.1. The minimum absolute atomic E-state index is 0.0388. The van der Waals surface area contributed by atoms with E-state index in [9.17, 15) is 13.6 Å². The molecule has 0 aliphatic heterocycles. The van der Waals surface area contributed by atoms with Gasteiger partial charge in [-0.2, -0.15) is 0 Å². The number of alkyl halides is 2. The first-order valence-electron chi connectivity index (χ1n) is 5.05. The summed E-state index contributed by atoms with van der Waals surface area (Å²) in [6.45, 7) is 1.32. The molecule has 1 aromatic carbocycles. The number of carbonyl (C=O) groups excluding carboxylic acids is 1. The Morgan fingerprint density at radius 1 is 1.44 bits per heavy atom. The summed E-state index contributed by atoms with van der Waals surface area (Å²) in [5, 5.41) is 0. The lowest BCUT2D eigenvalue weighted by Gasteiger charge is -2.03. The van der Waals surface area contributed by atoms with Gasteiger partial charge in [-0.3, -0.25) is 4.79 Å². The van der Waals surface area contributed by atoms with E-state index in [2.05, 4.69) is 4.74 Å². The number of hydrogen-bond acceptors (Lipinski definition) is 2. The number of Topliss-reactive ketones (excluding diaryl/α,β-unsaturated/α-hetero) is 1. The molecule has 0 atom stereocenters. The fourth-order valence-corrected chi connectivity index (χ4v) is 1.30. The van der Waals surface area contributed by atoms with E-state index in [0.29, 0.717) is 5.56 Å². The van der Waals surface area contributed by atoms with Crippen LogP contribution in [-0.2, 0) is 4.74 Å². The fourth-order valence-electron chi connectivity index (χ4n) is 1.30. The summed E-state index contributed by atoms with van der Waals surface area (Å²) in [4.78, 5) is 11.6. The zero-order valence-corrected chi connectivity index (χ0v) is 9.08. The van der Waals surface area contributed by atoms with Crippen molar-refractivity contribution in [2.24, 2.45) is 0 Å². The van der Waals surface area contributed by atoms with Crippen LogP contribution in [0.5, 0.6) is 0 Å². The van der Waals surface area contributed by atoms with E-state index in [0.717, 1.165) is 5.56 Å². The first-order valence-corrected chi connectivity index (χ1v) is 5.05. The first kappa shape index (κ1) is 12.8. The van der Waals surface area contributed by atoms with Crippen LogP contribution in [0.25, 0.3) is 0 Å². The zero-order valence-electron chi connectivity index (χ0n) is 9.08. The van der Waals surface area contributed by atoms with E-state index in [4.69, 9.17) is 0 Å². The summed E-state index contributed by atoms with van der Waals surface area (Å²) >= 11 is 0. The third-order valence-electron chi connectivity index (χ3n) is 2.06. The van der Waals surface area contributed by atoms with Gasteiger partial charge in [0.25, 0.3) is 6.43 Å². The quantitative estimate of drug-likeness (QED) is 0.552. The molecule has 88 valence electrons. The third kappa shape index (κ3) is 4.49. The van der Waals surface area contributed by atoms with E-state index >= 15 is 0 Å². The van der Waals surface area contributed by atoms with Gasteiger partial charge in [-0.05, 0) is 13.0 Å². The smallest absolute Gasteiger partial charge is 0.261 e. The van der Waals surface area contributed by atoms with Crippen LogP contribution >= 0.6 is 0 Å². The van der Waals surface area contributed by atoms with Crippen molar-refractivity contribution in [2.75, 3.05) is 13.2 Å². The molecule has 1 rings (SSSR count). The topological polar surface area (TPSA) is 26.3 Å². The number of carbonyl (C=O) groups is 1. The van der Waals surface area contributed by atoms with E-state index in [-0.39, 0.29) is 18.8 Å². The van der Waals surface area contributed by atoms with Crippen molar-refractivity contribution in [1.29, 1.82) is 0 Å². The number of ether oxygens (including phenoxy) is 1. The number of ketones is 1. The Balaban J connectivity index is 2.35. The number of rotatable bonds is 6. The number of aryl methyl sites for hydroxylation is 1. The van der Waals surface area contributed by atoms with Gasteiger partial charge in [0.15, 0.2) is 5.78 Å². The van der Waals surface area contributed by atoms with Crippen LogP contribution in [0, 0.1) is 6.92 Å². The normalized spacial score (nSPS) is 10.8. The van der Waals surface area contributed by atoms with E-state index in [1.165, 1.54) is 0 Å². The van der Waals surface area contributed by atoms with Crippen molar-refractivity contribution >= 4 is 5.78 Å². The van der Waals surface area contributed by atoms with Gasteiger partial charge in [-0.1, -0.05) is 23.8 Å². The average molecular weight is 228 g/mol. The van der Waals surface area contributed by atoms with Crippen LogP contribution in [-0.4, -0.2) is 25.4 Å². The second kappa shape index (κ2) is 6.33. The van der Waals surface area contributed by atoms with Crippen LogP contribution in [0.1, 0.15) is 22.3 Å². The van der Waals surface area contributed by atoms with Gasteiger partial charge < -0.3 is 4.74 Å². The molecule has 2 nitrogen and oxygen atoms in total. The van der Waals surface area contributed by atoms with E-state index < -0.39 is 13.0 Å². The molecular weight excluding hydrogens is 214 g/mol. The largest absolute Gasteiger partial charge is 0.375 e. The molecule has 0 fully saturated rings. The van der Waals surface area contributed by atoms with Gasteiger partial charge in [-0.25, -0.2) is 8.78 Å². The van der Waals surface area contributed by atoms with Crippen molar-refractivity contribution in [3.8, 4) is 0 Å². The van der Waals surface area contributed by atoms with Gasteiger partial charge in [0, 0.05) is 12.0 Å². The van der Waals surface area contributed by atoms with Crippen molar-refractivity contribution in [1.82, 2.24) is 0 Å². The molecule has 0 aromatic heterocycles. The Labute approximate surface area is 93.2 Å². The van der Waals surface area contributed by atoms with Crippen LogP contribution in [0.2, 0.25) is 0 Å². The highest BCUT2D eigenvalue weighted by molar-refractivity contribution is 5.96. The van der Waals surface area contributed by atoms with Crippen molar-refractivity contribution in [2.45, 2.75) is 19.8 Å². The second-order valence-corrected chi connectivity index (χ2v) is 3.51. The van der Waals surface area contributed by atoms with E-state index in [1.54, 1.807) is 18.2 Å². The summed E-state index contributed by atoms with van der Waals surface area (Å²) in [6.07, 6.45) is -2.34. The summed E-state index contributed by atoms with van der Waals surface area (Å²) in [6, 6.07) is 7.17. The monoisotopic (exact) mass is 228 g/mol. The lowest BCUT2D eigenvalue weighted by molar-refractivity contribution is 0.0170. The van der Waals surface area contributed by atoms with Crippen molar-refractivity contribution in [3.63, 3.8) is 0 Å². The Kier molecular flexibility index (Phi) is 5.05. The second-order valence-electron chi connectivity index (χ2n) is 3.51. The molecule has 0 bridgehead atoms. The van der Waals surface area contributed by atoms with Gasteiger partial charge in [0.1, 0.15) is 6.61 Å². The molecule has 0 radical (unpaired) electrons. The number of hydrogen-bond donors (Lipinski definition) is 0. The minimum atomic E-state index is -2.48. The molecule has 1 aromatic rings. The molecule has 0 aliphatic carbocycles. The van der Waals surface area contributed by atoms with Crippen LogP contribution in [0.4, 0.5) is 8.78 Å². The van der Waals surface area contributed by atoms with Crippen molar-refractivity contribution < 1.29 is 18.3 Å². The summed E-state index contributed by atoms with van der Waals surface area (Å²) in [5.74, 6) is -0.0852. The molecule has 0 saturated carbocycles. The Morgan fingerprint density at radius 2 is 2.19 bits per heavy atom. The lowest BCUT2D eigenvalue weighted by Crippen LogP contribution is -2.09. The predicted molar refractivity (Wildman–Crippen MR) is 56.9 cm³/mol. The average Bonchev–Trinajstić information content (AvgIpc) is 2.24. The molecule has 0 aliphatic rings. The highest BCUT2D eigenvalue weighted by atomic mass is 19.3. The van der Waals surface area contributed by atoms with Gasteiger partial charge in [0.2, 0.25) is 0 Å². The Bertz CT molecular complexity index is 351. The molecule has 0 unspecified atom stereocenters. The standard InChI is InChI=1S/C12H14F2O2/c1-9-3-2-4-10(7-9)11(15)5-6-16-8-12(13)14/h2-4,7,12H,5-6,8H2,1H3. The van der Waals surface area contributed by atoms with Crippen molar-refractivity contribution in [3.05, 3.63) is 35.4 Å². The van der Waals surface area contributed by atoms with Gasteiger partial charge in [0.05, 0.1) is 6.61 Å². The highest BCUT2D eigenvalue weighted by Crippen LogP contribution is 2.07. The first-order chi connectivity index (χ1) is 7.59. The molecule has 0 amide bonds. The SMILES string of the molecule is Cc1cccc(C(=O)CCOCC(F)F)c1. The maximum absolute atomic E-state index is 11.7. The molecule has 4 heteroatoms. The number of benzene rings is 1. The molecule has 0 saturated heterocycles. The number of halogens is 2. The molecule has 16 heavy (non-hydrogen) atoms. The van der Waals surface area contributed by atoms with Gasteiger partial charge in [-0.15, -0.1) is 0 Å². The predicted octanol–water partition coefficient (Wildman–Crippen LogP) is 2.85. The minimum Gasteiger partial charge on any atom is -0.375 e. The third-order valence-corrected chi connectivity index (χ3v) is 2.06. The molecular formula is C12H14F2O2. The Hall–Kier alpha value is -1.29. The maximum Gasteiger partial charge on any atom is 0.261 e.